The molecule has 0 N–H and O–H groups in total. The van der Waals surface area contributed by atoms with Gasteiger partial charge in [-0.25, -0.2) is 4.98 Å². The molecule has 0 amide bonds. The molecule has 2 heteroatoms. The molecule has 2 nitrogen and oxygen atoms in total. The molecule has 1 rings (SSSR count). The summed E-state index contributed by atoms with van der Waals surface area (Å²) in [6.45, 7) is 6.21. The molecular formula is C11H14N2. The maximum absolute atomic E-state index is 4.27. The summed E-state index contributed by atoms with van der Waals surface area (Å²) in [6.07, 6.45) is 4.38. The minimum Gasteiger partial charge on any atom is -0.256 e. The molecule has 68 valence electrons. The number of aromatic nitrogens is 2. The first kappa shape index (κ1) is 9.73. The zero-order chi connectivity index (χ0) is 9.68. The number of hydrogen-bond donors (Lipinski definition) is 0. The van der Waals surface area contributed by atoms with Crippen LogP contribution in [0, 0.1) is 11.8 Å². The molecular weight excluding hydrogens is 160 g/mol. The van der Waals surface area contributed by atoms with Gasteiger partial charge in [0.15, 0.2) is 0 Å². The lowest BCUT2D eigenvalue weighted by Gasteiger charge is -2.01. The van der Waals surface area contributed by atoms with Crippen molar-refractivity contribution in [1.82, 2.24) is 9.97 Å². The van der Waals surface area contributed by atoms with Crippen molar-refractivity contribution in [3.8, 4) is 11.8 Å². The van der Waals surface area contributed by atoms with Crippen molar-refractivity contribution in [2.24, 2.45) is 0 Å². The monoisotopic (exact) mass is 174 g/mol. The van der Waals surface area contributed by atoms with Gasteiger partial charge in [0, 0.05) is 6.42 Å². The van der Waals surface area contributed by atoms with Gasteiger partial charge in [-0.3, -0.25) is 4.98 Å². The van der Waals surface area contributed by atoms with E-state index in [1.165, 1.54) is 0 Å². The molecule has 1 heterocycles. The smallest absolute Gasteiger partial charge is 0.131 e. The molecule has 0 unspecified atom stereocenters. The van der Waals surface area contributed by atoms with Crippen molar-refractivity contribution >= 4 is 0 Å². The van der Waals surface area contributed by atoms with Gasteiger partial charge in [0.05, 0.1) is 18.1 Å². The Balaban J connectivity index is 2.81. The Morgan fingerprint density at radius 3 is 2.54 bits per heavy atom. The summed E-state index contributed by atoms with van der Waals surface area (Å²) < 4.78 is 0. The van der Waals surface area contributed by atoms with E-state index < -0.39 is 0 Å². The van der Waals surface area contributed by atoms with E-state index in [-0.39, 0.29) is 0 Å². The fourth-order valence-corrected chi connectivity index (χ4v) is 0.880. The molecule has 0 aromatic carbocycles. The van der Waals surface area contributed by atoms with Gasteiger partial charge in [-0.2, -0.15) is 0 Å². The van der Waals surface area contributed by atoms with Crippen LogP contribution in [0.4, 0.5) is 0 Å². The summed E-state index contributed by atoms with van der Waals surface area (Å²) >= 11 is 0. The topological polar surface area (TPSA) is 25.8 Å². The Morgan fingerprint density at radius 2 is 2.08 bits per heavy atom. The molecule has 1 aromatic rings. The van der Waals surface area contributed by atoms with E-state index in [0.29, 0.717) is 5.92 Å². The third-order valence-electron chi connectivity index (χ3n) is 1.66. The number of nitrogens with zero attached hydrogens (tertiary/aromatic N) is 2. The fourth-order valence-electron chi connectivity index (χ4n) is 0.880. The quantitative estimate of drug-likeness (QED) is 0.611. The summed E-state index contributed by atoms with van der Waals surface area (Å²) in [4.78, 5) is 8.47. The van der Waals surface area contributed by atoms with Crippen LogP contribution < -0.4 is 0 Å². The largest absolute Gasteiger partial charge is 0.256 e. The van der Waals surface area contributed by atoms with E-state index in [2.05, 4.69) is 35.7 Å². The van der Waals surface area contributed by atoms with Gasteiger partial charge in [0.25, 0.3) is 0 Å². The van der Waals surface area contributed by atoms with Gasteiger partial charge in [0.2, 0.25) is 0 Å². The highest BCUT2D eigenvalue weighted by Gasteiger charge is 1.99. The molecule has 0 bridgehead atoms. The molecule has 0 spiro atoms. The predicted molar refractivity (Wildman–Crippen MR) is 53.3 cm³/mol. The van der Waals surface area contributed by atoms with Gasteiger partial charge < -0.3 is 0 Å². The molecule has 0 aliphatic carbocycles. The molecule has 0 aliphatic rings. The fraction of sp³-hybridized carbons (Fsp3) is 0.455. The van der Waals surface area contributed by atoms with Crippen LogP contribution in [0.25, 0.3) is 0 Å². The minimum atomic E-state index is 0.431. The normalized spacial score (nSPS) is 9.54. The van der Waals surface area contributed by atoms with Crippen molar-refractivity contribution in [3.05, 3.63) is 23.8 Å². The van der Waals surface area contributed by atoms with Crippen molar-refractivity contribution < 1.29 is 0 Å². The van der Waals surface area contributed by atoms with Gasteiger partial charge >= 0.3 is 0 Å². The average Bonchev–Trinajstić information content (AvgIpc) is 2.15. The lowest BCUT2D eigenvalue weighted by atomic mass is 10.1. The summed E-state index contributed by atoms with van der Waals surface area (Å²) in [6, 6.07) is 0. The first-order valence-electron chi connectivity index (χ1n) is 4.54. The standard InChI is InChI=1S/C11H14N2/c1-4-5-6-10-7-13-11(8-12-10)9(2)3/h7-9H,4H2,1-3H3. The van der Waals surface area contributed by atoms with Crippen LogP contribution in [0.5, 0.6) is 0 Å². The maximum atomic E-state index is 4.27. The van der Waals surface area contributed by atoms with E-state index in [0.717, 1.165) is 17.8 Å². The zero-order valence-electron chi connectivity index (χ0n) is 8.33. The molecule has 0 saturated carbocycles. The summed E-state index contributed by atoms with van der Waals surface area (Å²) in [5.74, 6) is 6.33. The van der Waals surface area contributed by atoms with Crippen molar-refractivity contribution in [2.75, 3.05) is 0 Å². The summed E-state index contributed by atoms with van der Waals surface area (Å²) in [7, 11) is 0. The third kappa shape index (κ3) is 2.87. The SMILES string of the molecule is CCC#Cc1cnc(C(C)C)cn1. The molecule has 0 aliphatic heterocycles. The lowest BCUT2D eigenvalue weighted by Crippen LogP contribution is -1.94. The van der Waals surface area contributed by atoms with Gasteiger partial charge in [0.1, 0.15) is 5.69 Å². The van der Waals surface area contributed by atoms with E-state index in [1.54, 1.807) is 12.4 Å². The average molecular weight is 174 g/mol. The zero-order valence-corrected chi connectivity index (χ0v) is 8.33. The van der Waals surface area contributed by atoms with E-state index in [4.69, 9.17) is 0 Å². The highest BCUT2D eigenvalue weighted by Crippen LogP contribution is 2.08. The molecule has 13 heavy (non-hydrogen) atoms. The highest BCUT2D eigenvalue weighted by molar-refractivity contribution is 5.25. The van der Waals surface area contributed by atoms with E-state index in [1.807, 2.05) is 6.92 Å². The Morgan fingerprint density at radius 1 is 1.31 bits per heavy atom. The predicted octanol–water partition coefficient (Wildman–Crippen LogP) is 2.36. The van der Waals surface area contributed by atoms with Gasteiger partial charge in [-0.1, -0.05) is 26.7 Å². The van der Waals surface area contributed by atoms with Crippen LogP contribution >= 0.6 is 0 Å². The Labute approximate surface area is 79.4 Å². The first-order chi connectivity index (χ1) is 6.24. The van der Waals surface area contributed by atoms with Crippen LogP contribution in [-0.2, 0) is 0 Å². The molecule has 0 radical (unpaired) electrons. The Bertz CT molecular complexity index is 314. The Kier molecular flexibility index (Phi) is 3.45. The number of hydrogen-bond acceptors (Lipinski definition) is 2. The van der Waals surface area contributed by atoms with Crippen LogP contribution in [-0.4, -0.2) is 9.97 Å². The molecule has 1 aromatic heterocycles. The van der Waals surface area contributed by atoms with Gasteiger partial charge in [-0.15, -0.1) is 0 Å². The van der Waals surface area contributed by atoms with E-state index >= 15 is 0 Å². The second kappa shape index (κ2) is 4.61. The van der Waals surface area contributed by atoms with Crippen LogP contribution in [0.1, 0.15) is 44.5 Å². The van der Waals surface area contributed by atoms with Crippen LogP contribution in [0.15, 0.2) is 12.4 Å². The second-order valence-electron chi connectivity index (χ2n) is 3.14. The van der Waals surface area contributed by atoms with Gasteiger partial charge in [-0.05, 0) is 11.8 Å². The second-order valence-corrected chi connectivity index (χ2v) is 3.14. The van der Waals surface area contributed by atoms with E-state index in [9.17, 15) is 0 Å². The summed E-state index contributed by atoms with van der Waals surface area (Å²) in [5.41, 5.74) is 1.77. The van der Waals surface area contributed by atoms with Crippen molar-refractivity contribution in [3.63, 3.8) is 0 Å². The highest BCUT2D eigenvalue weighted by atomic mass is 14.8. The maximum Gasteiger partial charge on any atom is 0.131 e. The van der Waals surface area contributed by atoms with Crippen LogP contribution in [0.2, 0.25) is 0 Å². The molecule has 0 saturated heterocycles. The first-order valence-corrected chi connectivity index (χ1v) is 4.54. The van der Waals surface area contributed by atoms with Crippen molar-refractivity contribution in [1.29, 1.82) is 0 Å². The lowest BCUT2D eigenvalue weighted by molar-refractivity contribution is 0.810. The minimum absolute atomic E-state index is 0.431. The summed E-state index contributed by atoms with van der Waals surface area (Å²) in [5, 5.41) is 0. The molecule has 0 fully saturated rings. The molecule has 0 atom stereocenters. The third-order valence-corrected chi connectivity index (χ3v) is 1.66. The Hall–Kier alpha value is -1.36. The number of rotatable bonds is 1. The van der Waals surface area contributed by atoms with Crippen LogP contribution in [0.3, 0.4) is 0 Å². The van der Waals surface area contributed by atoms with Crippen molar-refractivity contribution in [2.45, 2.75) is 33.1 Å².